The minimum Gasteiger partial charge on any atom is -0.480 e. The van der Waals surface area contributed by atoms with E-state index in [1.165, 1.54) is 19.2 Å². The molecule has 39 heavy (non-hydrogen) atoms. The lowest BCUT2D eigenvalue weighted by molar-refractivity contribution is 0.0993. The van der Waals surface area contributed by atoms with Crippen molar-refractivity contribution in [2.75, 3.05) is 24.9 Å². The van der Waals surface area contributed by atoms with Gasteiger partial charge in [0.2, 0.25) is 11.8 Å². The average molecular weight is 568 g/mol. The fourth-order valence-corrected chi connectivity index (χ4v) is 5.84. The summed E-state index contributed by atoms with van der Waals surface area (Å²) in [4.78, 5) is 24.3. The number of nitrogen functional groups attached to an aromatic ring is 1. The van der Waals surface area contributed by atoms with Crippen LogP contribution in [-0.2, 0) is 10.3 Å². The van der Waals surface area contributed by atoms with Gasteiger partial charge in [0.25, 0.3) is 5.91 Å². The summed E-state index contributed by atoms with van der Waals surface area (Å²) >= 11 is 12.4. The second kappa shape index (κ2) is 9.22. The first-order valence-electron chi connectivity index (χ1n) is 12.2. The first-order valence-corrected chi connectivity index (χ1v) is 12.9. The zero-order valence-electron chi connectivity index (χ0n) is 21.3. The highest BCUT2D eigenvalue weighted by Crippen LogP contribution is 2.54. The maximum absolute atomic E-state index is 14.2. The Kier molecular flexibility index (Phi) is 6.05. The van der Waals surface area contributed by atoms with E-state index in [1.54, 1.807) is 36.4 Å². The number of halogens is 3. The second-order valence-corrected chi connectivity index (χ2v) is 10.7. The monoisotopic (exact) mass is 567 g/mol. The van der Waals surface area contributed by atoms with Crippen LogP contribution >= 0.6 is 23.2 Å². The van der Waals surface area contributed by atoms with Crippen LogP contribution in [0, 0.1) is 5.82 Å². The topological polar surface area (TPSA) is 95.5 Å². The van der Waals surface area contributed by atoms with Crippen LogP contribution in [0.3, 0.4) is 0 Å². The van der Waals surface area contributed by atoms with E-state index < -0.39 is 17.4 Å². The maximum Gasteiger partial charge on any atom is 0.261 e. The Bertz CT molecular complexity index is 1630. The van der Waals surface area contributed by atoms with Crippen molar-refractivity contribution in [2.24, 2.45) is 0 Å². The molecule has 2 aromatic heterocycles. The Hall–Kier alpha value is -3.66. The summed E-state index contributed by atoms with van der Waals surface area (Å²) in [6, 6.07) is 12.8. The number of methoxy groups -OCH3 is 2. The number of carbonyl (C=O) groups excluding carboxylic acids is 1. The lowest BCUT2D eigenvalue weighted by Crippen LogP contribution is -2.31. The highest BCUT2D eigenvalue weighted by Gasteiger charge is 2.57. The number of benzene rings is 2. The summed E-state index contributed by atoms with van der Waals surface area (Å²) in [6.07, 6.45) is 2.22. The molecule has 2 aromatic carbocycles. The van der Waals surface area contributed by atoms with Gasteiger partial charge in [-0.05, 0) is 48.9 Å². The summed E-state index contributed by atoms with van der Waals surface area (Å²) in [5.41, 5.74) is 9.15. The Balaban J connectivity index is 1.64. The van der Waals surface area contributed by atoms with Gasteiger partial charge in [-0.2, -0.15) is 4.98 Å². The fourth-order valence-electron chi connectivity index (χ4n) is 5.54. The number of fused-ring (bicyclic) bond motifs is 1. The number of anilines is 2. The van der Waals surface area contributed by atoms with Crippen molar-refractivity contribution in [2.45, 2.75) is 31.0 Å². The van der Waals surface area contributed by atoms with Crippen molar-refractivity contribution in [3.63, 3.8) is 0 Å². The minimum atomic E-state index is -0.573. The number of rotatable bonds is 6. The third kappa shape index (κ3) is 3.95. The van der Waals surface area contributed by atoms with Gasteiger partial charge >= 0.3 is 0 Å². The molecule has 1 aliphatic heterocycles. The van der Waals surface area contributed by atoms with Gasteiger partial charge in [-0.3, -0.25) is 9.69 Å². The number of carbonyl (C=O) groups is 1. The van der Waals surface area contributed by atoms with Crippen molar-refractivity contribution in [3.05, 3.63) is 87.4 Å². The number of hydrogen-bond donors (Lipinski definition) is 1. The van der Waals surface area contributed by atoms with Crippen molar-refractivity contribution < 1.29 is 18.7 Å². The van der Waals surface area contributed by atoms with E-state index in [9.17, 15) is 9.18 Å². The van der Waals surface area contributed by atoms with Crippen molar-refractivity contribution >= 4 is 40.7 Å². The normalized spacial score (nSPS) is 21.8. The molecule has 8 nitrogen and oxygen atoms in total. The number of amides is 1. The molecule has 200 valence electrons. The molecule has 3 atom stereocenters. The fraction of sp³-hybridized carbons (Fsp3) is 0.250. The molecule has 1 aliphatic carbocycles. The van der Waals surface area contributed by atoms with E-state index >= 15 is 0 Å². The third-order valence-corrected chi connectivity index (χ3v) is 8.08. The molecule has 1 amide bonds. The SMILES string of the molecule is COc1nc(N)ncc1-c1cc2c(n1C1(C)CC1OC)C(c1ccc(Cl)cc1)N(c1ccc(F)c(Cl)c1)C2=O. The predicted octanol–water partition coefficient (Wildman–Crippen LogP) is 5.87. The summed E-state index contributed by atoms with van der Waals surface area (Å²) in [5.74, 6) is -0.469. The van der Waals surface area contributed by atoms with Gasteiger partial charge in [-0.1, -0.05) is 35.3 Å². The van der Waals surface area contributed by atoms with Gasteiger partial charge in [-0.25, -0.2) is 9.37 Å². The van der Waals surface area contributed by atoms with Crippen LogP contribution in [0.2, 0.25) is 10.0 Å². The van der Waals surface area contributed by atoms with Crippen LogP contribution in [0.25, 0.3) is 11.3 Å². The summed E-state index contributed by atoms with van der Waals surface area (Å²) < 4.78 is 27.5. The number of hydrogen-bond acceptors (Lipinski definition) is 6. The summed E-state index contributed by atoms with van der Waals surface area (Å²) in [6.45, 7) is 2.08. The zero-order valence-corrected chi connectivity index (χ0v) is 22.8. The number of nitrogens with two attached hydrogens (primary N) is 1. The van der Waals surface area contributed by atoms with E-state index in [2.05, 4.69) is 21.5 Å². The van der Waals surface area contributed by atoms with Crippen LogP contribution in [0.5, 0.6) is 5.88 Å². The van der Waals surface area contributed by atoms with Crippen LogP contribution in [0.4, 0.5) is 16.0 Å². The van der Waals surface area contributed by atoms with E-state index in [0.717, 1.165) is 17.7 Å². The molecule has 3 unspecified atom stereocenters. The molecule has 1 fully saturated rings. The van der Waals surface area contributed by atoms with Crippen LogP contribution in [0.1, 0.15) is 41.0 Å². The van der Waals surface area contributed by atoms with E-state index in [1.807, 2.05) is 18.2 Å². The van der Waals surface area contributed by atoms with Crippen LogP contribution in [-0.4, -0.2) is 40.8 Å². The van der Waals surface area contributed by atoms with Gasteiger partial charge in [-0.15, -0.1) is 0 Å². The van der Waals surface area contributed by atoms with Gasteiger partial charge in [0.05, 0.1) is 46.3 Å². The molecule has 2 N–H and O–H groups in total. The first kappa shape index (κ1) is 25.6. The predicted molar refractivity (Wildman–Crippen MR) is 147 cm³/mol. The molecule has 2 aliphatic rings. The lowest BCUT2D eigenvalue weighted by Gasteiger charge is -2.30. The molecular formula is C28H24Cl2FN5O3. The number of nitrogens with zero attached hydrogens (tertiary/aromatic N) is 4. The quantitative estimate of drug-likeness (QED) is 0.313. The molecule has 3 heterocycles. The van der Waals surface area contributed by atoms with Gasteiger partial charge in [0.15, 0.2) is 0 Å². The van der Waals surface area contributed by atoms with Crippen molar-refractivity contribution in [1.29, 1.82) is 0 Å². The largest absolute Gasteiger partial charge is 0.480 e. The Labute approximate surface area is 234 Å². The van der Waals surface area contributed by atoms with Crippen molar-refractivity contribution in [1.82, 2.24) is 14.5 Å². The number of ether oxygens (including phenoxy) is 2. The molecule has 0 bridgehead atoms. The van der Waals surface area contributed by atoms with Gasteiger partial charge in [0, 0.05) is 30.4 Å². The van der Waals surface area contributed by atoms with E-state index in [4.69, 9.17) is 38.4 Å². The minimum absolute atomic E-state index is 0.0723. The molecule has 0 spiro atoms. The summed E-state index contributed by atoms with van der Waals surface area (Å²) in [5, 5.41) is 0.487. The molecule has 1 saturated carbocycles. The summed E-state index contributed by atoms with van der Waals surface area (Å²) in [7, 11) is 3.17. The smallest absolute Gasteiger partial charge is 0.261 e. The molecule has 0 saturated heterocycles. The number of aromatic nitrogens is 3. The van der Waals surface area contributed by atoms with Gasteiger partial charge < -0.3 is 19.8 Å². The standard InChI is InChI=1S/C28H24Cl2FN5O3/c1-28(12-22(28)38-2)36-21(18-13-33-27(32)34-25(18)39-3)11-17-24(36)23(14-4-6-15(29)7-5-14)35(26(17)37)16-8-9-20(31)19(30)10-16/h4-11,13,22-23H,12H2,1-3H3,(H2,32,33,34). The Morgan fingerprint density at radius 3 is 2.49 bits per heavy atom. The average Bonchev–Trinajstić information content (AvgIpc) is 3.30. The molecule has 0 radical (unpaired) electrons. The van der Waals surface area contributed by atoms with Crippen LogP contribution in [0.15, 0.2) is 54.7 Å². The highest BCUT2D eigenvalue weighted by molar-refractivity contribution is 6.31. The van der Waals surface area contributed by atoms with E-state index in [-0.39, 0.29) is 28.9 Å². The molecule has 6 rings (SSSR count). The Morgan fingerprint density at radius 1 is 1.10 bits per heavy atom. The second-order valence-electron chi connectivity index (χ2n) is 9.83. The molecular weight excluding hydrogens is 544 g/mol. The molecule has 11 heteroatoms. The highest BCUT2D eigenvalue weighted by atomic mass is 35.5. The van der Waals surface area contributed by atoms with Gasteiger partial charge in [0.1, 0.15) is 11.9 Å². The first-order chi connectivity index (χ1) is 18.7. The maximum atomic E-state index is 14.2. The third-order valence-electron chi connectivity index (χ3n) is 7.54. The van der Waals surface area contributed by atoms with Crippen LogP contribution < -0.4 is 15.4 Å². The lowest BCUT2D eigenvalue weighted by atomic mass is 10.0. The molecule has 4 aromatic rings. The Morgan fingerprint density at radius 2 is 1.85 bits per heavy atom. The zero-order chi connectivity index (χ0) is 27.6. The van der Waals surface area contributed by atoms with E-state index in [0.29, 0.717) is 27.5 Å². The van der Waals surface area contributed by atoms with Crippen molar-refractivity contribution in [3.8, 4) is 17.1 Å².